The molecule has 0 spiro atoms. The maximum absolute atomic E-state index is 11.4. The number of likely N-dealkylation sites (tertiary alicyclic amines) is 1. The topological polar surface area (TPSA) is 52.6 Å². The van der Waals surface area contributed by atoms with Crippen LogP contribution in [0.25, 0.3) is 0 Å². The van der Waals surface area contributed by atoms with Gasteiger partial charge < -0.3 is 15.3 Å². The third-order valence-electron chi connectivity index (χ3n) is 2.47. The Morgan fingerprint density at radius 1 is 1.50 bits per heavy atom. The van der Waals surface area contributed by atoms with Crippen LogP contribution in [0.2, 0.25) is 0 Å². The maximum atomic E-state index is 11.4. The molecule has 0 aliphatic carbocycles. The lowest BCUT2D eigenvalue weighted by Crippen LogP contribution is -2.38. The lowest BCUT2D eigenvalue weighted by atomic mass is 10.2. The van der Waals surface area contributed by atoms with E-state index in [0.29, 0.717) is 6.54 Å². The van der Waals surface area contributed by atoms with Crippen molar-refractivity contribution in [2.24, 2.45) is 0 Å². The van der Waals surface area contributed by atoms with Crippen molar-refractivity contribution in [1.29, 1.82) is 0 Å². The molecule has 1 aliphatic heterocycles. The molecular formula is C10H20N2O2. The average Bonchev–Trinajstić information content (AvgIpc) is 2.64. The van der Waals surface area contributed by atoms with E-state index in [1.165, 1.54) is 0 Å². The second kappa shape index (κ2) is 5.86. The first-order valence-electron chi connectivity index (χ1n) is 5.41. The zero-order chi connectivity index (χ0) is 10.4. The molecule has 0 radical (unpaired) electrons. The summed E-state index contributed by atoms with van der Waals surface area (Å²) in [6.45, 7) is 4.22. The zero-order valence-corrected chi connectivity index (χ0v) is 8.83. The summed E-state index contributed by atoms with van der Waals surface area (Å²) in [6, 6.07) is 0.0492. The van der Waals surface area contributed by atoms with E-state index < -0.39 is 0 Å². The van der Waals surface area contributed by atoms with E-state index in [2.05, 4.69) is 5.32 Å². The van der Waals surface area contributed by atoms with Gasteiger partial charge in [0.05, 0.1) is 6.10 Å². The Morgan fingerprint density at radius 2 is 2.14 bits per heavy atom. The van der Waals surface area contributed by atoms with Gasteiger partial charge in [0.25, 0.3) is 0 Å². The standard InChI is InChI=1S/C10H20N2O2/c1-9(13)5-4-6-11-10(14)12-7-2-3-8-12/h9,13H,2-8H2,1H3,(H,11,14). The van der Waals surface area contributed by atoms with Gasteiger partial charge in [-0.3, -0.25) is 0 Å². The quantitative estimate of drug-likeness (QED) is 0.664. The Hall–Kier alpha value is -0.770. The minimum Gasteiger partial charge on any atom is -0.393 e. The highest BCUT2D eigenvalue weighted by atomic mass is 16.3. The lowest BCUT2D eigenvalue weighted by Gasteiger charge is -2.16. The number of rotatable bonds is 4. The minimum absolute atomic E-state index is 0.0492. The Labute approximate surface area is 85.3 Å². The molecule has 1 aliphatic rings. The molecule has 14 heavy (non-hydrogen) atoms. The summed E-state index contributed by atoms with van der Waals surface area (Å²) in [7, 11) is 0. The van der Waals surface area contributed by atoms with E-state index in [1.54, 1.807) is 6.92 Å². The van der Waals surface area contributed by atoms with Gasteiger partial charge in [0.15, 0.2) is 0 Å². The van der Waals surface area contributed by atoms with Crippen molar-refractivity contribution in [2.45, 2.75) is 38.7 Å². The third kappa shape index (κ3) is 3.96. The number of nitrogens with one attached hydrogen (secondary N) is 1. The molecule has 4 nitrogen and oxygen atoms in total. The first kappa shape index (κ1) is 11.3. The molecule has 0 aromatic carbocycles. The van der Waals surface area contributed by atoms with Crippen LogP contribution in [-0.4, -0.2) is 41.8 Å². The second-order valence-electron chi connectivity index (χ2n) is 3.92. The first-order valence-corrected chi connectivity index (χ1v) is 5.41. The van der Waals surface area contributed by atoms with E-state index in [0.717, 1.165) is 38.8 Å². The van der Waals surface area contributed by atoms with Gasteiger partial charge in [0.1, 0.15) is 0 Å². The summed E-state index contributed by atoms with van der Waals surface area (Å²) in [5.74, 6) is 0. The fraction of sp³-hybridized carbons (Fsp3) is 0.900. The highest BCUT2D eigenvalue weighted by Gasteiger charge is 2.16. The molecule has 2 N–H and O–H groups in total. The Morgan fingerprint density at radius 3 is 2.71 bits per heavy atom. The molecule has 1 atom stereocenters. The molecule has 1 heterocycles. The molecule has 1 fully saturated rings. The molecular weight excluding hydrogens is 180 g/mol. The number of aliphatic hydroxyl groups is 1. The first-order chi connectivity index (χ1) is 6.70. The number of aliphatic hydroxyl groups excluding tert-OH is 1. The number of carbonyl (C=O) groups is 1. The SMILES string of the molecule is CC(O)CCCNC(=O)N1CCCC1. The van der Waals surface area contributed by atoms with Crippen LogP contribution in [0.1, 0.15) is 32.6 Å². The number of urea groups is 1. The molecule has 4 heteroatoms. The Balaban J connectivity index is 2.03. The summed E-state index contributed by atoms with van der Waals surface area (Å²) < 4.78 is 0. The predicted octanol–water partition coefficient (Wildman–Crippen LogP) is 0.953. The summed E-state index contributed by atoms with van der Waals surface area (Å²) in [5.41, 5.74) is 0. The number of amides is 2. The van der Waals surface area contributed by atoms with Crippen molar-refractivity contribution >= 4 is 6.03 Å². The average molecular weight is 200 g/mol. The number of nitrogens with zero attached hydrogens (tertiary/aromatic N) is 1. The summed E-state index contributed by atoms with van der Waals surface area (Å²) >= 11 is 0. The summed E-state index contributed by atoms with van der Waals surface area (Å²) in [6.07, 6.45) is 3.58. The van der Waals surface area contributed by atoms with Gasteiger partial charge in [-0.2, -0.15) is 0 Å². The lowest BCUT2D eigenvalue weighted by molar-refractivity contribution is 0.179. The normalized spacial score (nSPS) is 18.3. The predicted molar refractivity (Wildman–Crippen MR) is 55.1 cm³/mol. The molecule has 1 unspecified atom stereocenters. The van der Waals surface area contributed by atoms with Gasteiger partial charge in [-0.15, -0.1) is 0 Å². The van der Waals surface area contributed by atoms with Crippen LogP contribution in [0.5, 0.6) is 0 Å². The van der Waals surface area contributed by atoms with E-state index in [1.807, 2.05) is 4.90 Å². The van der Waals surface area contributed by atoms with Crippen molar-refractivity contribution in [3.63, 3.8) is 0 Å². The largest absolute Gasteiger partial charge is 0.393 e. The highest BCUT2D eigenvalue weighted by molar-refractivity contribution is 5.74. The van der Waals surface area contributed by atoms with Crippen molar-refractivity contribution in [3.05, 3.63) is 0 Å². The van der Waals surface area contributed by atoms with E-state index >= 15 is 0 Å². The molecule has 1 saturated heterocycles. The molecule has 2 amide bonds. The fourth-order valence-electron chi connectivity index (χ4n) is 1.62. The van der Waals surface area contributed by atoms with Crippen LogP contribution in [0.15, 0.2) is 0 Å². The summed E-state index contributed by atoms with van der Waals surface area (Å²) in [4.78, 5) is 13.3. The summed E-state index contributed by atoms with van der Waals surface area (Å²) in [5, 5.41) is 11.9. The van der Waals surface area contributed by atoms with Crippen molar-refractivity contribution in [2.75, 3.05) is 19.6 Å². The Kier molecular flexibility index (Phi) is 4.73. The van der Waals surface area contributed by atoms with Crippen LogP contribution >= 0.6 is 0 Å². The van der Waals surface area contributed by atoms with Crippen LogP contribution in [0.4, 0.5) is 4.79 Å². The van der Waals surface area contributed by atoms with E-state index in [9.17, 15) is 4.79 Å². The zero-order valence-electron chi connectivity index (χ0n) is 8.83. The van der Waals surface area contributed by atoms with Crippen molar-refractivity contribution < 1.29 is 9.90 Å². The van der Waals surface area contributed by atoms with Gasteiger partial charge in [-0.05, 0) is 32.6 Å². The van der Waals surface area contributed by atoms with Gasteiger partial charge in [0, 0.05) is 19.6 Å². The number of hydrogen-bond donors (Lipinski definition) is 2. The molecule has 0 aromatic heterocycles. The van der Waals surface area contributed by atoms with E-state index in [-0.39, 0.29) is 12.1 Å². The second-order valence-corrected chi connectivity index (χ2v) is 3.92. The molecule has 82 valence electrons. The van der Waals surface area contributed by atoms with Crippen LogP contribution < -0.4 is 5.32 Å². The molecule has 1 rings (SSSR count). The number of hydrogen-bond acceptors (Lipinski definition) is 2. The van der Waals surface area contributed by atoms with Crippen LogP contribution in [0, 0.1) is 0 Å². The van der Waals surface area contributed by atoms with Crippen molar-refractivity contribution in [3.8, 4) is 0 Å². The smallest absolute Gasteiger partial charge is 0.317 e. The molecule has 0 bridgehead atoms. The van der Waals surface area contributed by atoms with E-state index in [4.69, 9.17) is 5.11 Å². The molecule has 0 saturated carbocycles. The van der Waals surface area contributed by atoms with Gasteiger partial charge in [0.2, 0.25) is 0 Å². The van der Waals surface area contributed by atoms with Crippen LogP contribution in [0.3, 0.4) is 0 Å². The Bertz CT molecular complexity index is 177. The monoisotopic (exact) mass is 200 g/mol. The highest BCUT2D eigenvalue weighted by Crippen LogP contribution is 2.06. The third-order valence-corrected chi connectivity index (χ3v) is 2.47. The minimum atomic E-state index is -0.265. The maximum Gasteiger partial charge on any atom is 0.317 e. The van der Waals surface area contributed by atoms with Gasteiger partial charge in [-0.25, -0.2) is 4.79 Å². The van der Waals surface area contributed by atoms with Gasteiger partial charge >= 0.3 is 6.03 Å². The van der Waals surface area contributed by atoms with Crippen LogP contribution in [-0.2, 0) is 0 Å². The molecule has 0 aromatic rings. The number of carbonyl (C=O) groups excluding carboxylic acids is 1. The van der Waals surface area contributed by atoms with Crippen molar-refractivity contribution in [1.82, 2.24) is 10.2 Å². The van der Waals surface area contributed by atoms with Gasteiger partial charge in [-0.1, -0.05) is 0 Å². The fourth-order valence-corrected chi connectivity index (χ4v) is 1.62.